The van der Waals surface area contributed by atoms with Gasteiger partial charge in [0.2, 0.25) is 5.91 Å². The summed E-state index contributed by atoms with van der Waals surface area (Å²) in [5, 5.41) is 5.41. The molecule has 0 aliphatic carbocycles. The molecule has 0 radical (unpaired) electrons. The molecule has 0 heterocycles. The van der Waals surface area contributed by atoms with E-state index in [2.05, 4.69) is 10.6 Å². The summed E-state index contributed by atoms with van der Waals surface area (Å²) in [5.74, 6) is -1.71. The van der Waals surface area contributed by atoms with Crippen LogP contribution < -0.4 is 10.6 Å². The molecule has 0 unspecified atom stereocenters. The zero-order valence-electron chi connectivity index (χ0n) is 10.9. The quantitative estimate of drug-likeness (QED) is 0.912. The second-order valence-corrected chi connectivity index (χ2v) is 4.66. The number of carbonyl (C=O) groups excluding carboxylic acids is 2. The van der Waals surface area contributed by atoms with Crippen molar-refractivity contribution in [2.75, 3.05) is 11.9 Å². The van der Waals surface area contributed by atoms with E-state index in [1.54, 1.807) is 30.3 Å². The SMILES string of the molecule is O=C(CNC(=O)c1ccccc1F)Nc1cccc(Cl)c1. The summed E-state index contributed by atoms with van der Waals surface area (Å²) in [5.41, 5.74) is 0.417. The van der Waals surface area contributed by atoms with Gasteiger partial charge in [0.25, 0.3) is 5.91 Å². The van der Waals surface area contributed by atoms with Crippen molar-refractivity contribution in [3.05, 3.63) is 64.9 Å². The Balaban J connectivity index is 1.90. The van der Waals surface area contributed by atoms with Gasteiger partial charge in [-0.25, -0.2) is 4.39 Å². The minimum Gasteiger partial charge on any atom is -0.343 e. The molecule has 0 atom stereocenters. The Morgan fingerprint density at radius 2 is 1.86 bits per heavy atom. The average molecular weight is 307 g/mol. The van der Waals surface area contributed by atoms with Gasteiger partial charge in [-0.15, -0.1) is 0 Å². The molecule has 2 amide bonds. The second kappa shape index (κ2) is 6.85. The molecular weight excluding hydrogens is 295 g/mol. The molecule has 0 saturated carbocycles. The molecule has 21 heavy (non-hydrogen) atoms. The standard InChI is InChI=1S/C15H12ClFN2O2/c16-10-4-3-5-11(8-10)19-14(20)9-18-15(21)12-6-1-2-7-13(12)17/h1-8H,9H2,(H,18,21)(H,19,20). The molecule has 0 aromatic heterocycles. The van der Waals surface area contributed by atoms with Crippen LogP contribution in [0.5, 0.6) is 0 Å². The summed E-state index contributed by atoms with van der Waals surface area (Å²) in [6.45, 7) is -0.264. The van der Waals surface area contributed by atoms with E-state index in [0.29, 0.717) is 10.7 Å². The summed E-state index contributed by atoms with van der Waals surface area (Å²) >= 11 is 5.79. The molecule has 0 aliphatic rings. The molecule has 0 aliphatic heterocycles. The molecule has 0 bridgehead atoms. The summed E-state index contributed by atoms with van der Waals surface area (Å²) in [6, 6.07) is 12.2. The molecular formula is C15H12ClFN2O2. The molecule has 0 spiro atoms. The van der Waals surface area contributed by atoms with Gasteiger partial charge in [0.1, 0.15) is 5.82 Å². The molecule has 108 valence electrons. The Morgan fingerprint density at radius 3 is 2.57 bits per heavy atom. The van der Waals surface area contributed by atoms with Gasteiger partial charge >= 0.3 is 0 Å². The van der Waals surface area contributed by atoms with Crippen LogP contribution in [0.2, 0.25) is 5.02 Å². The third kappa shape index (κ3) is 4.29. The van der Waals surface area contributed by atoms with Crippen molar-refractivity contribution >= 4 is 29.1 Å². The first-order valence-electron chi connectivity index (χ1n) is 6.14. The van der Waals surface area contributed by atoms with E-state index in [1.165, 1.54) is 18.2 Å². The molecule has 2 N–H and O–H groups in total. The number of rotatable bonds is 4. The van der Waals surface area contributed by atoms with Crippen LogP contribution in [0, 0.1) is 5.82 Å². The maximum atomic E-state index is 13.4. The van der Waals surface area contributed by atoms with Crippen LogP contribution in [0.25, 0.3) is 0 Å². The molecule has 6 heteroatoms. The van der Waals surface area contributed by atoms with Crippen LogP contribution in [-0.4, -0.2) is 18.4 Å². The lowest BCUT2D eigenvalue weighted by Gasteiger charge is -2.07. The number of amides is 2. The van der Waals surface area contributed by atoms with E-state index in [4.69, 9.17) is 11.6 Å². The zero-order chi connectivity index (χ0) is 15.2. The van der Waals surface area contributed by atoms with E-state index >= 15 is 0 Å². The normalized spacial score (nSPS) is 10.0. The van der Waals surface area contributed by atoms with E-state index < -0.39 is 17.6 Å². The van der Waals surface area contributed by atoms with Gasteiger partial charge in [-0.3, -0.25) is 9.59 Å². The Labute approximate surface area is 125 Å². The fourth-order valence-electron chi connectivity index (χ4n) is 1.67. The molecule has 2 aromatic rings. The fraction of sp³-hybridized carbons (Fsp3) is 0.0667. The number of halogens is 2. The van der Waals surface area contributed by atoms with Crippen LogP contribution in [0.1, 0.15) is 10.4 Å². The minimum absolute atomic E-state index is 0.104. The summed E-state index contributed by atoms with van der Waals surface area (Å²) < 4.78 is 13.4. The van der Waals surface area contributed by atoms with Crippen molar-refractivity contribution in [1.29, 1.82) is 0 Å². The van der Waals surface area contributed by atoms with Gasteiger partial charge in [-0.1, -0.05) is 29.8 Å². The number of benzene rings is 2. The summed E-state index contributed by atoms with van der Waals surface area (Å²) in [4.78, 5) is 23.4. The second-order valence-electron chi connectivity index (χ2n) is 4.22. The number of carbonyl (C=O) groups is 2. The van der Waals surface area contributed by atoms with E-state index in [-0.39, 0.29) is 12.1 Å². The number of hydrogen-bond acceptors (Lipinski definition) is 2. The Bertz CT molecular complexity index is 676. The third-order valence-electron chi connectivity index (χ3n) is 2.64. The van der Waals surface area contributed by atoms with Gasteiger partial charge in [0.15, 0.2) is 0 Å². The van der Waals surface area contributed by atoms with Crippen LogP contribution in [0.3, 0.4) is 0 Å². The Morgan fingerprint density at radius 1 is 1.10 bits per heavy atom. The highest BCUT2D eigenvalue weighted by atomic mass is 35.5. The zero-order valence-corrected chi connectivity index (χ0v) is 11.7. The van der Waals surface area contributed by atoms with Crippen LogP contribution in [-0.2, 0) is 4.79 Å². The molecule has 0 fully saturated rings. The number of anilines is 1. The van der Waals surface area contributed by atoms with Crippen molar-refractivity contribution in [3.63, 3.8) is 0 Å². The first-order valence-corrected chi connectivity index (χ1v) is 6.52. The van der Waals surface area contributed by atoms with Gasteiger partial charge in [0.05, 0.1) is 12.1 Å². The van der Waals surface area contributed by atoms with Crippen molar-refractivity contribution in [2.24, 2.45) is 0 Å². The van der Waals surface area contributed by atoms with E-state index in [0.717, 1.165) is 0 Å². The first-order chi connectivity index (χ1) is 10.1. The van der Waals surface area contributed by atoms with Crippen molar-refractivity contribution < 1.29 is 14.0 Å². The topological polar surface area (TPSA) is 58.2 Å². The smallest absolute Gasteiger partial charge is 0.254 e. The van der Waals surface area contributed by atoms with Crippen molar-refractivity contribution in [3.8, 4) is 0 Å². The highest BCUT2D eigenvalue weighted by molar-refractivity contribution is 6.30. The largest absolute Gasteiger partial charge is 0.343 e. The Kier molecular flexibility index (Phi) is 4.90. The lowest BCUT2D eigenvalue weighted by molar-refractivity contribution is -0.115. The predicted octanol–water partition coefficient (Wildman–Crippen LogP) is 2.85. The third-order valence-corrected chi connectivity index (χ3v) is 2.87. The van der Waals surface area contributed by atoms with Crippen molar-refractivity contribution in [2.45, 2.75) is 0 Å². The van der Waals surface area contributed by atoms with Gasteiger partial charge in [-0.05, 0) is 30.3 Å². The van der Waals surface area contributed by atoms with Crippen LogP contribution in [0.15, 0.2) is 48.5 Å². The molecule has 2 aromatic carbocycles. The summed E-state index contributed by atoms with van der Waals surface area (Å²) in [6.07, 6.45) is 0. The summed E-state index contributed by atoms with van der Waals surface area (Å²) in [7, 11) is 0. The minimum atomic E-state index is -0.644. The molecule has 0 saturated heterocycles. The Hall–Kier alpha value is -2.40. The van der Waals surface area contributed by atoms with Gasteiger partial charge < -0.3 is 10.6 Å². The highest BCUT2D eigenvalue weighted by Gasteiger charge is 2.12. The van der Waals surface area contributed by atoms with Gasteiger partial charge in [0, 0.05) is 10.7 Å². The van der Waals surface area contributed by atoms with E-state index in [1.807, 2.05) is 0 Å². The number of hydrogen-bond donors (Lipinski definition) is 2. The predicted molar refractivity (Wildman–Crippen MR) is 78.8 cm³/mol. The number of nitrogens with one attached hydrogen (secondary N) is 2. The lowest BCUT2D eigenvalue weighted by atomic mass is 10.2. The maximum absolute atomic E-state index is 13.4. The molecule has 4 nitrogen and oxygen atoms in total. The van der Waals surface area contributed by atoms with Gasteiger partial charge in [-0.2, -0.15) is 0 Å². The lowest BCUT2D eigenvalue weighted by Crippen LogP contribution is -2.33. The molecule has 2 rings (SSSR count). The highest BCUT2D eigenvalue weighted by Crippen LogP contribution is 2.14. The maximum Gasteiger partial charge on any atom is 0.254 e. The monoisotopic (exact) mass is 306 g/mol. The fourth-order valence-corrected chi connectivity index (χ4v) is 1.86. The average Bonchev–Trinajstić information content (AvgIpc) is 2.45. The van der Waals surface area contributed by atoms with E-state index in [9.17, 15) is 14.0 Å². The van der Waals surface area contributed by atoms with Crippen LogP contribution >= 0.6 is 11.6 Å². The van der Waals surface area contributed by atoms with Crippen LogP contribution in [0.4, 0.5) is 10.1 Å². The first kappa shape index (κ1) is 15.0. The van der Waals surface area contributed by atoms with Crippen molar-refractivity contribution in [1.82, 2.24) is 5.32 Å².